The summed E-state index contributed by atoms with van der Waals surface area (Å²) in [7, 11) is 0. The fourth-order valence-corrected chi connectivity index (χ4v) is 4.25. The van der Waals surface area contributed by atoms with Crippen molar-refractivity contribution in [3.8, 4) is 0 Å². The minimum absolute atomic E-state index is 0.210. The zero-order valence-corrected chi connectivity index (χ0v) is 20.9. The molecule has 2 fully saturated rings. The molecule has 15 heteroatoms. The molecular weight excluding hydrogens is 555 g/mol. The lowest BCUT2D eigenvalue weighted by molar-refractivity contribution is -0.193. The van der Waals surface area contributed by atoms with Gasteiger partial charge in [0.05, 0.1) is 5.41 Å². The number of halogens is 7. The van der Waals surface area contributed by atoms with E-state index < -0.39 is 24.3 Å². The quantitative estimate of drug-likeness (QED) is 0.512. The number of carbonyl (C=O) groups excluding carboxylic acids is 1. The molecule has 0 aliphatic carbocycles. The van der Waals surface area contributed by atoms with Gasteiger partial charge in [0, 0.05) is 32.0 Å². The number of pyridine rings is 1. The van der Waals surface area contributed by atoms with Gasteiger partial charge in [0.15, 0.2) is 0 Å². The third-order valence-electron chi connectivity index (χ3n) is 6.29. The molecule has 0 atom stereocenters. The first-order valence-corrected chi connectivity index (χ1v) is 11.8. The summed E-state index contributed by atoms with van der Waals surface area (Å²) in [5, 5.41) is 14.2. The molecule has 4 rings (SSSR count). The normalized spacial score (nSPS) is 17.0. The molecule has 40 heavy (non-hydrogen) atoms. The molecule has 1 spiro atoms. The van der Waals surface area contributed by atoms with Crippen molar-refractivity contribution < 1.29 is 55.3 Å². The first kappa shape index (κ1) is 32.5. The van der Waals surface area contributed by atoms with Crippen LogP contribution in [0.3, 0.4) is 0 Å². The number of carboxylic acids is 2. The van der Waals surface area contributed by atoms with Gasteiger partial charge in [-0.05, 0) is 61.7 Å². The Balaban J connectivity index is 0.000000333. The minimum Gasteiger partial charge on any atom is -0.475 e. The fraction of sp³-hybridized carbons (Fsp3) is 0.440. The number of aromatic nitrogens is 1. The van der Waals surface area contributed by atoms with Crippen LogP contribution < -0.4 is 0 Å². The molecule has 0 bridgehead atoms. The second-order valence-electron chi connectivity index (χ2n) is 9.13. The summed E-state index contributed by atoms with van der Waals surface area (Å²) in [5.41, 5.74) is 1.87. The summed E-state index contributed by atoms with van der Waals surface area (Å²) in [5.74, 6) is -5.50. The van der Waals surface area contributed by atoms with Crippen molar-refractivity contribution in [3.05, 3.63) is 65.7 Å². The molecule has 0 unspecified atom stereocenters. The van der Waals surface area contributed by atoms with Crippen molar-refractivity contribution in [3.63, 3.8) is 0 Å². The number of aliphatic carboxylic acids is 2. The SMILES string of the molecule is O=C(O)C(F)(F)F.O=C(O)C(F)(F)F.O=C1N(Cc2cccc(F)c2)CCC12CCN(Cc1cccnc1)CC2. The zero-order valence-electron chi connectivity index (χ0n) is 20.9. The maximum Gasteiger partial charge on any atom is 0.490 e. The van der Waals surface area contributed by atoms with Crippen molar-refractivity contribution in [1.82, 2.24) is 14.8 Å². The molecule has 1 aromatic carbocycles. The lowest BCUT2D eigenvalue weighted by Gasteiger charge is -2.38. The van der Waals surface area contributed by atoms with Gasteiger partial charge >= 0.3 is 24.3 Å². The predicted molar refractivity (Wildman–Crippen MR) is 125 cm³/mol. The van der Waals surface area contributed by atoms with E-state index >= 15 is 0 Å². The number of nitrogens with zero attached hydrogens (tertiary/aromatic N) is 3. The van der Waals surface area contributed by atoms with Crippen LogP contribution in [0.1, 0.15) is 30.4 Å². The Hall–Kier alpha value is -3.75. The van der Waals surface area contributed by atoms with Gasteiger partial charge in [-0.25, -0.2) is 14.0 Å². The van der Waals surface area contributed by atoms with Crippen LogP contribution in [0.15, 0.2) is 48.8 Å². The van der Waals surface area contributed by atoms with Gasteiger partial charge < -0.3 is 15.1 Å². The monoisotopic (exact) mass is 581 g/mol. The van der Waals surface area contributed by atoms with Crippen molar-refractivity contribution >= 4 is 17.8 Å². The van der Waals surface area contributed by atoms with Gasteiger partial charge in [-0.2, -0.15) is 26.3 Å². The van der Waals surface area contributed by atoms with E-state index in [0.29, 0.717) is 6.54 Å². The number of alkyl halides is 6. The van der Waals surface area contributed by atoms with Crippen LogP contribution in [-0.2, 0) is 27.5 Å². The molecule has 2 aromatic rings. The van der Waals surface area contributed by atoms with Gasteiger partial charge in [0.25, 0.3) is 0 Å². The Bertz CT molecular complexity index is 1130. The van der Waals surface area contributed by atoms with Gasteiger partial charge in [-0.3, -0.25) is 14.7 Å². The number of rotatable bonds is 4. The Kier molecular flexibility index (Phi) is 11.0. The molecular formula is C25H26F7N3O5. The molecule has 220 valence electrons. The molecule has 2 aliphatic heterocycles. The third-order valence-corrected chi connectivity index (χ3v) is 6.29. The van der Waals surface area contributed by atoms with E-state index in [-0.39, 0.29) is 17.1 Å². The molecule has 2 aliphatic rings. The van der Waals surface area contributed by atoms with Crippen LogP contribution in [0.2, 0.25) is 0 Å². The molecule has 2 saturated heterocycles. The number of hydrogen-bond acceptors (Lipinski definition) is 5. The van der Waals surface area contributed by atoms with Gasteiger partial charge in [-0.1, -0.05) is 18.2 Å². The maximum absolute atomic E-state index is 13.4. The number of piperidine rings is 1. The summed E-state index contributed by atoms with van der Waals surface area (Å²) in [6.45, 7) is 4.06. The summed E-state index contributed by atoms with van der Waals surface area (Å²) < 4.78 is 76.9. The third kappa shape index (κ3) is 9.77. The van der Waals surface area contributed by atoms with Crippen molar-refractivity contribution in [2.24, 2.45) is 5.41 Å². The Labute approximate surface area is 224 Å². The van der Waals surface area contributed by atoms with Crippen LogP contribution in [0, 0.1) is 11.2 Å². The number of hydrogen-bond donors (Lipinski definition) is 2. The van der Waals surface area contributed by atoms with Crippen molar-refractivity contribution in [1.29, 1.82) is 0 Å². The van der Waals surface area contributed by atoms with E-state index in [1.807, 2.05) is 23.2 Å². The Morgan fingerprint density at radius 1 is 0.850 bits per heavy atom. The summed E-state index contributed by atoms with van der Waals surface area (Å²) >= 11 is 0. The van der Waals surface area contributed by atoms with Crippen LogP contribution >= 0.6 is 0 Å². The average Bonchev–Trinajstić information content (AvgIpc) is 3.15. The van der Waals surface area contributed by atoms with Gasteiger partial charge in [0.2, 0.25) is 5.91 Å². The topological polar surface area (TPSA) is 111 Å². The highest BCUT2D eigenvalue weighted by Gasteiger charge is 2.47. The van der Waals surface area contributed by atoms with Crippen LogP contribution in [-0.4, -0.2) is 74.8 Å². The molecule has 2 N–H and O–H groups in total. The summed E-state index contributed by atoms with van der Waals surface area (Å²) in [4.78, 5) is 39.3. The standard InChI is InChI=1S/C21H24FN3O.2C2HF3O2/c22-19-5-1-3-17(13-19)16-25-12-8-21(20(25)26)6-10-24(11-7-21)15-18-4-2-9-23-14-18;2*3-2(4,5)1(6)7/h1-5,9,13-14H,6-8,10-12,15-16H2;2*(H,6,7). The molecule has 3 heterocycles. The number of benzene rings is 1. The highest BCUT2D eigenvalue weighted by Crippen LogP contribution is 2.42. The molecule has 8 nitrogen and oxygen atoms in total. The van der Waals surface area contributed by atoms with E-state index in [0.717, 1.165) is 51.0 Å². The van der Waals surface area contributed by atoms with E-state index in [9.17, 15) is 35.5 Å². The highest BCUT2D eigenvalue weighted by atomic mass is 19.4. The first-order chi connectivity index (χ1) is 18.5. The van der Waals surface area contributed by atoms with E-state index in [2.05, 4.69) is 16.0 Å². The largest absolute Gasteiger partial charge is 0.490 e. The zero-order chi connectivity index (χ0) is 30.1. The summed E-state index contributed by atoms with van der Waals surface area (Å²) in [6, 6.07) is 10.6. The van der Waals surface area contributed by atoms with Gasteiger partial charge in [-0.15, -0.1) is 0 Å². The lowest BCUT2D eigenvalue weighted by atomic mass is 9.77. The van der Waals surface area contributed by atoms with Gasteiger partial charge in [0.1, 0.15) is 5.82 Å². The van der Waals surface area contributed by atoms with E-state index in [4.69, 9.17) is 19.8 Å². The predicted octanol–water partition coefficient (Wildman–Crippen LogP) is 4.50. The Morgan fingerprint density at radius 3 is 1.85 bits per heavy atom. The molecule has 0 saturated carbocycles. The maximum atomic E-state index is 13.4. The summed E-state index contributed by atoms with van der Waals surface area (Å²) in [6.07, 6.45) is -3.73. The van der Waals surface area contributed by atoms with E-state index in [1.54, 1.807) is 12.3 Å². The molecule has 1 aromatic heterocycles. The van der Waals surface area contributed by atoms with E-state index in [1.165, 1.54) is 17.7 Å². The second-order valence-corrected chi connectivity index (χ2v) is 9.13. The highest BCUT2D eigenvalue weighted by molar-refractivity contribution is 5.85. The smallest absolute Gasteiger partial charge is 0.475 e. The Morgan fingerprint density at radius 2 is 1.38 bits per heavy atom. The van der Waals surface area contributed by atoms with Crippen molar-refractivity contribution in [2.75, 3.05) is 19.6 Å². The lowest BCUT2D eigenvalue weighted by Crippen LogP contribution is -2.44. The van der Waals surface area contributed by atoms with Crippen LogP contribution in [0.5, 0.6) is 0 Å². The van der Waals surface area contributed by atoms with Crippen LogP contribution in [0.25, 0.3) is 0 Å². The number of amides is 1. The number of carbonyl (C=O) groups is 3. The molecule has 0 radical (unpaired) electrons. The first-order valence-electron chi connectivity index (χ1n) is 11.8. The fourth-order valence-electron chi connectivity index (χ4n) is 4.25. The van der Waals surface area contributed by atoms with Crippen molar-refractivity contribution in [2.45, 2.75) is 44.7 Å². The second kappa shape index (κ2) is 13.5. The minimum atomic E-state index is -5.08. The molecule has 1 amide bonds. The number of carboxylic acid groups (broad SMARTS) is 2. The number of likely N-dealkylation sites (tertiary alicyclic amines) is 2. The van der Waals surface area contributed by atoms with Crippen LogP contribution in [0.4, 0.5) is 30.7 Å². The average molecular weight is 581 g/mol.